The van der Waals surface area contributed by atoms with Gasteiger partial charge in [-0.2, -0.15) is 0 Å². The summed E-state index contributed by atoms with van der Waals surface area (Å²) in [5, 5.41) is 3.67. The molecule has 19 heavy (non-hydrogen) atoms. The summed E-state index contributed by atoms with van der Waals surface area (Å²) in [6.07, 6.45) is 7.68. The molecule has 0 aromatic carbocycles. The number of rotatable bonds is 2. The molecule has 106 valence electrons. The van der Waals surface area contributed by atoms with Crippen LogP contribution in [0.5, 0.6) is 0 Å². The Morgan fingerprint density at radius 2 is 1.84 bits per heavy atom. The van der Waals surface area contributed by atoms with Gasteiger partial charge in [-0.3, -0.25) is 4.99 Å². The number of fused-ring (bicyclic) bond motifs is 5. The summed E-state index contributed by atoms with van der Waals surface area (Å²) < 4.78 is 6.05. The number of likely N-dealkylation sites (tertiary alicyclic amines) is 1. The van der Waals surface area contributed by atoms with Crippen LogP contribution >= 0.6 is 0 Å². The standard InChI is InChI=1S/C15H25N3O/c1-2-16-15(17-10-4-3-5-10)18-8-11-12(9-18)14-7-6-13(11)19-14/h10-14H,2-9H2,1H3,(H,16,17). The normalized spacial score (nSPS) is 41.5. The lowest BCUT2D eigenvalue weighted by Gasteiger charge is -2.32. The van der Waals surface area contributed by atoms with Gasteiger partial charge in [-0.15, -0.1) is 0 Å². The van der Waals surface area contributed by atoms with E-state index in [-0.39, 0.29) is 0 Å². The fourth-order valence-corrected chi connectivity index (χ4v) is 4.25. The van der Waals surface area contributed by atoms with Crippen molar-refractivity contribution in [3.05, 3.63) is 0 Å². The number of aliphatic imine (C=N–C) groups is 1. The molecule has 3 heterocycles. The molecule has 0 spiro atoms. The van der Waals surface area contributed by atoms with Gasteiger partial charge in [0, 0.05) is 37.5 Å². The highest BCUT2D eigenvalue weighted by atomic mass is 16.5. The number of hydrogen-bond donors (Lipinski definition) is 1. The second kappa shape index (κ2) is 4.65. The van der Waals surface area contributed by atoms with Gasteiger partial charge in [0.2, 0.25) is 0 Å². The van der Waals surface area contributed by atoms with Crippen molar-refractivity contribution >= 4 is 5.96 Å². The number of nitrogens with zero attached hydrogens (tertiary/aromatic N) is 2. The molecule has 3 aliphatic heterocycles. The summed E-state index contributed by atoms with van der Waals surface area (Å²) in [5.41, 5.74) is 0. The molecule has 4 nitrogen and oxygen atoms in total. The topological polar surface area (TPSA) is 36.9 Å². The van der Waals surface area contributed by atoms with Crippen LogP contribution < -0.4 is 5.32 Å². The molecule has 0 aromatic heterocycles. The number of hydrogen-bond acceptors (Lipinski definition) is 2. The van der Waals surface area contributed by atoms with Gasteiger partial charge in [-0.1, -0.05) is 0 Å². The van der Waals surface area contributed by atoms with E-state index in [1.807, 2.05) is 0 Å². The van der Waals surface area contributed by atoms with Crippen molar-refractivity contribution in [2.24, 2.45) is 16.8 Å². The zero-order valence-corrected chi connectivity index (χ0v) is 11.8. The minimum absolute atomic E-state index is 0.548. The summed E-state index contributed by atoms with van der Waals surface area (Å²) in [7, 11) is 0. The third-order valence-corrected chi connectivity index (χ3v) is 5.50. The average Bonchev–Trinajstić information content (AvgIpc) is 3.02. The SMILES string of the molecule is CCN=C(NC1CCC1)N1CC2C3CCC(O3)C2C1. The molecule has 0 amide bonds. The van der Waals surface area contributed by atoms with Crippen LogP contribution in [-0.2, 0) is 4.74 Å². The Bertz CT molecular complexity index is 362. The first-order valence-corrected chi connectivity index (χ1v) is 8.06. The van der Waals surface area contributed by atoms with Crippen LogP contribution in [0, 0.1) is 11.8 Å². The first kappa shape index (κ1) is 12.0. The van der Waals surface area contributed by atoms with E-state index in [4.69, 9.17) is 9.73 Å². The minimum atomic E-state index is 0.548. The maximum absolute atomic E-state index is 6.05. The molecule has 4 aliphatic rings. The molecule has 4 rings (SSSR count). The zero-order valence-electron chi connectivity index (χ0n) is 11.8. The van der Waals surface area contributed by atoms with Crippen molar-refractivity contribution in [2.75, 3.05) is 19.6 Å². The molecular formula is C15H25N3O. The van der Waals surface area contributed by atoms with Crippen molar-refractivity contribution < 1.29 is 4.74 Å². The Labute approximate surface area is 115 Å². The van der Waals surface area contributed by atoms with E-state index in [1.165, 1.54) is 38.1 Å². The largest absolute Gasteiger partial charge is 0.374 e. The monoisotopic (exact) mass is 263 g/mol. The second-order valence-corrected chi connectivity index (χ2v) is 6.59. The molecule has 4 atom stereocenters. The van der Waals surface area contributed by atoms with Gasteiger partial charge < -0.3 is 15.0 Å². The van der Waals surface area contributed by atoms with Gasteiger partial charge in [0.25, 0.3) is 0 Å². The second-order valence-electron chi connectivity index (χ2n) is 6.59. The summed E-state index contributed by atoms with van der Waals surface area (Å²) in [5.74, 6) is 2.70. The third-order valence-electron chi connectivity index (χ3n) is 5.50. The fourth-order valence-electron chi connectivity index (χ4n) is 4.25. The summed E-state index contributed by atoms with van der Waals surface area (Å²) in [4.78, 5) is 7.22. The highest BCUT2D eigenvalue weighted by Crippen LogP contribution is 2.47. The smallest absolute Gasteiger partial charge is 0.194 e. The maximum atomic E-state index is 6.05. The van der Waals surface area contributed by atoms with Gasteiger partial charge in [-0.05, 0) is 39.0 Å². The summed E-state index contributed by atoms with van der Waals surface area (Å²) >= 11 is 0. The van der Waals surface area contributed by atoms with Gasteiger partial charge in [0.1, 0.15) is 0 Å². The van der Waals surface area contributed by atoms with Crippen LogP contribution in [0.3, 0.4) is 0 Å². The Balaban J connectivity index is 1.44. The van der Waals surface area contributed by atoms with E-state index in [2.05, 4.69) is 17.1 Å². The predicted molar refractivity (Wildman–Crippen MR) is 75.2 cm³/mol. The van der Waals surface area contributed by atoms with Crippen molar-refractivity contribution in [3.63, 3.8) is 0 Å². The highest BCUT2D eigenvalue weighted by molar-refractivity contribution is 5.80. The van der Waals surface area contributed by atoms with E-state index in [0.29, 0.717) is 18.2 Å². The van der Waals surface area contributed by atoms with Crippen molar-refractivity contribution in [1.82, 2.24) is 10.2 Å². The van der Waals surface area contributed by atoms with E-state index in [9.17, 15) is 0 Å². The molecule has 3 saturated heterocycles. The third kappa shape index (κ3) is 1.95. The van der Waals surface area contributed by atoms with Crippen LogP contribution in [0.2, 0.25) is 0 Å². The van der Waals surface area contributed by atoms with Crippen LogP contribution in [-0.4, -0.2) is 48.7 Å². The molecule has 2 bridgehead atoms. The van der Waals surface area contributed by atoms with Gasteiger partial charge in [0.05, 0.1) is 12.2 Å². The molecular weight excluding hydrogens is 238 g/mol. The van der Waals surface area contributed by atoms with Crippen LogP contribution in [0.1, 0.15) is 39.0 Å². The van der Waals surface area contributed by atoms with Gasteiger partial charge in [-0.25, -0.2) is 0 Å². The molecule has 4 fully saturated rings. The number of nitrogens with one attached hydrogen (secondary N) is 1. The summed E-state index contributed by atoms with van der Waals surface area (Å²) in [6.45, 7) is 5.32. The molecule has 1 saturated carbocycles. The molecule has 4 unspecified atom stereocenters. The van der Waals surface area contributed by atoms with Crippen molar-refractivity contribution in [1.29, 1.82) is 0 Å². The molecule has 4 heteroatoms. The summed E-state index contributed by atoms with van der Waals surface area (Å²) in [6, 6.07) is 0.679. The fraction of sp³-hybridized carbons (Fsp3) is 0.933. The van der Waals surface area contributed by atoms with E-state index < -0.39 is 0 Å². The van der Waals surface area contributed by atoms with Gasteiger partial charge >= 0.3 is 0 Å². The van der Waals surface area contributed by atoms with Crippen LogP contribution in [0.4, 0.5) is 0 Å². The Kier molecular flexibility index (Phi) is 2.94. The highest BCUT2D eigenvalue weighted by Gasteiger charge is 2.53. The van der Waals surface area contributed by atoms with Crippen LogP contribution in [0.25, 0.3) is 0 Å². The van der Waals surface area contributed by atoms with Crippen molar-refractivity contribution in [2.45, 2.75) is 57.3 Å². The maximum Gasteiger partial charge on any atom is 0.194 e. The minimum Gasteiger partial charge on any atom is -0.374 e. The van der Waals surface area contributed by atoms with E-state index in [1.54, 1.807) is 0 Å². The zero-order chi connectivity index (χ0) is 12.8. The van der Waals surface area contributed by atoms with Crippen molar-refractivity contribution in [3.8, 4) is 0 Å². The Hall–Kier alpha value is -0.770. The lowest BCUT2D eigenvalue weighted by Crippen LogP contribution is -2.48. The van der Waals surface area contributed by atoms with E-state index >= 15 is 0 Å². The number of ether oxygens (including phenoxy) is 1. The number of guanidine groups is 1. The lowest BCUT2D eigenvalue weighted by molar-refractivity contribution is 0.0765. The molecule has 1 N–H and O–H groups in total. The molecule has 0 aromatic rings. The van der Waals surface area contributed by atoms with E-state index in [0.717, 1.165) is 31.5 Å². The molecule has 1 aliphatic carbocycles. The van der Waals surface area contributed by atoms with Crippen LogP contribution in [0.15, 0.2) is 4.99 Å². The lowest BCUT2D eigenvalue weighted by atomic mass is 9.82. The first-order chi connectivity index (χ1) is 9.35. The Morgan fingerprint density at radius 3 is 2.37 bits per heavy atom. The molecule has 0 radical (unpaired) electrons. The average molecular weight is 263 g/mol. The first-order valence-electron chi connectivity index (χ1n) is 8.06. The Morgan fingerprint density at radius 1 is 1.16 bits per heavy atom. The van der Waals surface area contributed by atoms with Gasteiger partial charge in [0.15, 0.2) is 5.96 Å². The quantitative estimate of drug-likeness (QED) is 0.607. The predicted octanol–water partition coefficient (Wildman–Crippen LogP) is 1.61.